The molecule has 110 valence electrons. The van der Waals surface area contributed by atoms with Crippen LogP contribution in [-0.4, -0.2) is 29.2 Å². The number of carbonyl (C=O) groups excluding carboxylic acids is 1. The molecule has 0 saturated heterocycles. The van der Waals surface area contributed by atoms with Crippen LogP contribution < -0.4 is 10.6 Å². The molecular formula is C14H26N2O3. The van der Waals surface area contributed by atoms with Crippen molar-refractivity contribution in [3.8, 4) is 0 Å². The Morgan fingerprint density at radius 2 is 1.95 bits per heavy atom. The van der Waals surface area contributed by atoms with E-state index in [1.807, 2.05) is 20.8 Å². The normalized spacial score (nSPS) is 24.8. The van der Waals surface area contributed by atoms with Crippen LogP contribution in [0.15, 0.2) is 0 Å². The number of carbonyl (C=O) groups is 2. The molecule has 19 heavy (non-hydrogen) atoms. The Morgan fingerprint density at radius 3 is 2.37 bits per heavy atom. The fraction of sp³-hybridized carbons (Fsp3) is 0.857. The van der Waals surface area contributed by atoms with Gasteiger partial charge in [0.2, 0.25) is 0 Å². The first-order valence-electron chi connectivity index (χ1n) is 6.99. The Labute approximate surface area is 115 Å². The Bertz CT molecular complexity index is 336. The third kappa shape index (κ3) is 5.09. The number of hydrogen-bond donors (Lipinski definition) is 3. The highest BCUT2D eigenvalue weighted by Gasteiger charge is 2.30. The molecule has 1 aliphatic rings. The van der Waals surface area contributed by atoms with E-state index < -0.39 is 5.97 Å². The van der Waals surface area contributed by atoms with Crippen LogP contribution >= 0.6 is 0 Å². The van der Waals surface area contributed by atoms with E-state index in [0.29, 0.717) is 5.92 Å². The second-order valence-corrected chi connectivity index (χ2v) is 6.65. The van der Waals surface area contributed by atoms with Gasteiger partial charge in [0, 0.05) is 12.1 Å². The molecule has 5 nitrogen and oxygen atoms in total. The molecule has 3 atom stereocenters. The first-order chi connectivity index (χ1) is 8.70. The van der Waals surface area contributed by atoms with Crippen LogP contribution in [0.5, 0.6) is 0 Å². The summed E-state index contributed by atoms with van der Waals surface area (Å²) in [5.41, 5.74) is -0.281. The van der Waals surface area contributed by atoms with Crippen molar-refractivity contribution in [3.05, 3.63) is 0 Å². The third-order valence-corrected chi connectivity index (χ3v) is 3.91. The predicted octanol–water partition coefficient (Wildman–Crippen LogP) is 2.36. The fourth-order valence-electron chi connectivity index (χ4n) is 2.48. The van der Waals surface area contributed by atoms with Crippen molar-refractivity contribution in [2.24, 2.45) is 11.3 Å². The van der Waals surface area contributed by atoms with Gasteiger partial charge < -0.3 is 15.7 Å². The Morgan fingerprint density at radius 1 is 1.32 bits per heavy atom. The van der Waals surface area contributed by atoms with Crippen LogP contribution in [0.3, 0.4) is 0 Å². The minimum Gasteiger partial charge on any atom is -0.481 e. The minimum absolute atomic E-state index is 0.0584. The molecule has 0 aromatic rings. The van der Waals surface area contributed by atoms with Gasteiger partial charge >= 0.3 is 12.0 Å². The second kappa shape index (κ2) is 6.26. The number of hydrogen-bond acceptors (Lipinski definition) is 2. The molecule has 3 N–H and O–H groups in total. The minimum atomic E-state index is -0.894. The predicted molar refractivity (Wildman–Crippen MR) is 74.0 cm³/mol. The van der Waals surface area contributed by atoms with E-state index in [-0.39, 0.29) is 30.0 Å². The molecule has 0 aliphatic heterocycles. The van der Waals surface area contributed by atoms with E-state index in [2.05, 4.69) is 17.6 Å². The van der Waals surface area contributed by atoms with Crippen molar-refractivity contribution in [1.29, 1.82) is 0 Å². The quantitative estimate of drug-likeness (QED) is 0.733. The summed E-state index contributed by atoms with van der Waals surface area (Å²) < 4.78 is 0. The maximum Gasteiger partial charge on any atom is 0.315 e. The van der Waals surface area contributed by atoms with E-state index in [1.165, 1.54) is 0 Å². The van der Waals surface area contributed by atoms with Crippen LogP contribution in [-0.2, 0) is 4.79 Å². The van der Waals surface area contributed by atoms with Crippen LogP contribution in [0, 0.1) is 11.3 Å². The van der Waals surface area contributed by atoms with E-state index in [9.17, 15) is 9.59 Å². The van der Waals surface area contributed by atoms with Crippen LogP contribution in [0.1, 0.15) is 53.4 Å². The van der Waals surface area contributed by atoms with Gasteiger partial charge in [0.05, 0.1) is 6.42 Å². The van der Waals surface area contributed by atoms with Gasteiger partial charge in [0.15, 0.2) is 0 Å². The maximum absolute atomic E-state index is 12.0. The van der Waals surface area contributed by atoms with Gasteiger partial charge in [0.25, 0.3) is 0 Å². The Kier molecular flexibility index (Phi) is 5.20. The molecule has 0 spiro atoms. The third-order valence-electron chi connectivity index (χ3n) is 3.91. The van der Waals surface area contributed by atoms with Crippen molar-refractivity contribution >= 4 is 12.0 Å². The summed E-state index contributed by atoms with van der Waals surface area (Å²) in [6.45, 7) is 7.92. The molecule has 0 aromatic carbocycles. The average Bonchev–Trinajstić information content (AvgIpc) is 2.61. The molecule has 1 saturated carbocycles. The summed E-state index contributed by atoms with van der Waals surface area (Å²) >= 11 is 0. The lowest BCUT2D eigenvalue weighted by molar-refractivity contribution is -0.138. The van der Waals surface area contributed by atoms with E-state index in [4.69, 9.17) is 5.11 Å². The number of rotatable bonds is 4. The molecule has 1 rings (SSSR count). The molecule has 3 unspecified atom stereocenters. The first-order valence-corrected chi connectivity index (χ1v) is 6.99. The van der Waals surface area contributed by atoms with E-state index >= 15 is 0 Å². The van der Waals surface area contributed by atoms with E-state index in [0.717, 1.165) is 19.3 Å². The monoisotopic (exact) mass is 270 g/mol. The number of carboxylic acids is 1. The van der Waals surface area contributed by atoms with Gasteiger partial charge in [-0.2, -0.15) is 0 Å². The molecule has 5 heteroatoms. The molecule has 0 bridgehead atoms. The van der Waals surface area contributed by atoms with Gasteiger partial charge in [0.1, 0.15) is 0 Å². The highest BCUT2D eigenvalue weighted by Crippen LogP contribution is 2.25. The summed E-state index contributed by atoms with van der Waals surface area (Å²) in [4.78, 5) is 22.8. The van der Waals surface area contributed by atoms with Crippen molar-refractivity contribution in [2.75, 3.05) is 0 Å². The zero-order valence-electron chi connectivity index (χ0n) is 12.3. The summed E-state index contributed by atoms with van der Waals surface area (Å²) in [6.07, 6.45) is 3.23. The SMILES string of the molecule is CC1CCCC1NC(=O)NC(CC(=O)O)C(C)(C)C. The molecule has 1 aliphatic carbocycles. The van der Waals surface area contributed by atoms with Gasteiger partial charge in [-0.1, -0.05) is 34.1 Å². The van der Waals surface area contributed by atoms with Gasteiger partial charge in [-0.15, -0.1) is 0 Å². The Hall–Kier alpha value is -1.26. The van der Waals surface area contributed by atoms with Crippen LogP contribution in [0.25, 0.3) is 0 Å². The molecule has 0 radical (unpaired) electrons. The molecular weight excluding hydrogens is 244 g/mol. The van der Waals surface area contributed by atoms with Crippen molar-refractivity contribution in [2.45, 2.75) is 65.5 Å². The molecule has 2 amide bonds. The summed E-state index contributed by atoms with van der Waals surface area (Å²) in [5, 5.41) is 14.7. The zero-order valence-corrected chi connectivity index (χ0v) is 12.3. The summed E-state index contributed by atoms with van der Waals surface area (Å²) in [5.74, 6) is -0.396. The summed E-state index contributed by atoms with van der Waals surface area (Å²) in [6, 6.07) is -0.410. The summed E-state index contributed by atoms with van der Waals surface area (Å²) in [7, 11) is 0. The number of amides is 2. The topological polar surface area (TPSA) is 78.4 Å². The number of aliphatic carboxylic acids is 1. The fourth-order valence-corrected chi connectivity index (χ4v) is 2.48. The maximum atomic E-state index is 12.0. The van der Waals surface area contributed by atoms with Crippen molar-refractivity contribution < 1.29 is 14.7 Å². The first kappa shape index (κ1) is 15.8. The van der Waals surface area contributed by atoms with Gasteiger partial charge in [-0.05, 0) is 24.2 Å². The second-order valence-electron chi connectivity index (χ2n) is 6.65. The van der Waals surface area contributed by atoms with Crippen molar-refractivity contribution in [3.63, 3.8) is 0 Å². The standard InChI is InChI=1S/C14H26N2O3/c1-9-6-5-7-10(9)15-13(19)16-11(8-12(17)18)14(2,3)4/h9-11H,5-8H2,1-4H3,(H,17,18)(H2,15,16,19). The largest absolute Gasteiger partial charge is 0.481 e. The molecule has 0 aromatic heterocycles. The van der Waals surface area contributed by atoms with Gasteiger partial charge in [-0.3, -0.25) is 4.79 Å². The Balaban J connectivity index is 2.53. The highest BCUT2D eigenvalue weighted by atomic mass is 16.4. The number of nitrogens with one attached hydrogen (secondary N) is 2. The van der Waals surface area contributed by atoms with Crippen molar-refractivity contribution in [1.82, 2.24) is 10.6 Å². The molecule has 0 heterocycles. The highest BCUT2D eigenvalue weighted by molar-refractivity contribution is 5.76. The molecule has 1 fully saturated rings. The van der Waals surface area contributed by atoms with Crippen LogP contribution in [0.2, 0.25) is 0 Å². The smallest absolute Gasteiger partial charge is 0.315 e. The lowest BCUT2D eigenvalue weighted by Gasteiger charge is -2.31. The zero-order chi connectivity index (χ0) is 14.6. The average molecular weight is 270 g/mol. The number of urea groups is 1. The van der Waals surface area contributed by atoms with Crippen LogP contribution in [0.4, 0.5) is 4.79 Å². The lowest BCUT2D eigenvalue weighted by Crippen LogP contribution is -2.51. The van der Waals surface area contributed by atoms with E-state index in [1.54, 1.807) is 0 Å². The number of carboxylic acid groups (broad SMARTS) is 1. The lowest BCUT2D eigenvalue weighted by atomic mass is 9.85. The van der Waals surface area contributed by atoms with Gasteiger partial charge in [-0.25, -0.2) is 4.79 Å².